The van der Waals surface area contributed by atoms with Crippen LogP contribution in [0.5, 0.6) is 0 Å². The van der Waals surface area contributed by atoms with Gasteiger partial charge in [0.25, 0.3) is 0 Å². The molecule has 1 aliphatic heterocycles. The molecule has 5 rings (SSSR count). The molecule has 33 heavy (non-hydrogen) atoms. The Bertz CT molecular complexity index is 1060. The predicted molar refractivity (Wildman–Crippen MR) is 127 cm³/mol. The van der Waals surface area contributed by atoms with Gasteiger partial charge in [0, 0.05) is 24.5 Å². The maximum atomic E-state index is 13.1. The summed E-state index contributed by atoms with van der Waals surface area (Å²) in [5.41, 5.74) is 5.24. The molecule has 1 heterocycles. The number of carbonyl (C=O) groups is 1. The number of fused-ring (bicyclic) bond motifs is 3. The summed E-state index contributed by atoms with van der Waals surface area (Å²) in [6.07, 6.45) is 0.879. The molecular formula is C28H29NO4. The average Bonchev–Trinajstić information content (AvgIpc) is 3.20. The molecule has 5 heteroatoms. The molecule has 3 aromatic carbocycles. The predicted octanol–water partition coefficient (Wildman–Crippen LogP) is 5.06. The molecule has 1 atom stereocenters. The van der Waals surface area contributed by atoms with Crippen LogP contribution in [-0.2, 0) is 9.47 Å². The molecule has 5 nitrogen and oxygen atoms in total. The monoisotopic (exact) mass is 443 g/mol. The lowest BCUT2D eigenvalue weighted by Crippen LogP contribution is -2.46. The maximum absolute atomic E-state index is 13.1. The molecule has 2 aliphatic rings. The number of amides is 1. The molecule has 1 saturated heterocycles. The Labute approximate surface area is 194 Å². The topological polar surface area (TPSA) is 67.8 Å². The summed E-state index contributed by atoms with van der Waals surface area (Å²) in [6, 6.07) is 26.1. The first kappa shape index (κ1) is 21.7. The molecular weight excluding hydrogens is 414 g/mol. The summed E-state index contributed by atoms with van der Waals surface area (Å²) < 4.78 is 11.4. The van der Waals surface area contributed by atoms with Gasteiger partial charge in [0.15, 0.2) is 0 Å². The lowest BCUT2D eigenvalue weighted by Gasteiger charge is -2.42. The Balaban J connectivity index is 1.35. The van der Waals surface area contributed by atoms with Gasteiger partial charge in [-0.15, -0.1) is 0 Å². The number of alkyl carbamates (subject to hydrolysis) is 1. The third-order valence-corrected chi connectivity index (χ3v) is 7.15. The van der Waals surface area contributed by atoms with Crippen molar-refractivity contribution in [3.8, 4) is 11.1 Å². The molecule has 0 radical (unpaired) electrons. The third kappa shape index (κ3) is 4.14. The summed E-state index contributed by atoms with van der Waals surface area (Å²) in [6.45, 7) is 1.36. The standard InChI is InChI=1S/C28H29NO4/c30-19-28(14-16-32-17-15-28)26(20-8-2-1-3-9-20)29-27(31)33-18-25-23-12-6-4-10-21(23)22-11-5-7-13-24(22)25/h1-13,25-26,30H,14-19H2,(H,29,31). The lowest BCUT2D eigenvalue weighted by molar-refractivity contribution is -0.0379. The first-order valence-corrected chi connectivity index (χ1v) is 11.6. The van der Waals surface area contributed by atoms with Crippen LogP contribution in [0.2, 0.25) is 0 Å². The molecule has 1 aliphatic carbocycles. The Morgan fingerprint density at radius 2 is 1.52 bits per heavy atom. The first-order chi connectivity index (χ1) is 16.2. The molecule has 1 amide bonds. The van der Waals surface area contributed by atoms with Crippen molar-refractivity contribution in [2.75, 3.05) is 26.4 Å². The second kappa shape index (κ2) is 9.38. The van der Waals surface area contributed by atoms with Gasteiger partial charge in [0.1, 0.15) is 6.61 Å². The van der Waals surface area contributed by atoms with Gasteiger partial charge in [0.05, 0.1) is 12.6 Å². The minimum absolute atomic E-state index is 0.00760. The molecule has 3 aromatic rings. The molecule has 1 unspecified atom stereocenters. The fourth-order valence-corrected chi connectivity index (χ4v) is 5.31. The van der Waals surface area contributed by atoms with Crippen molar-refractivity contribution in [1.82, 2.24) is 5.32 Å². The molecule has 0 spiro atoms. The summed E-state index contributed by atoms with van der Waals surface area (Å²) in [5, 5.41) is 13.4. The summed E-state index contributed by atoms with van der Waals surface area (Å²) in [4.78, 5) is 13.1. The largest absolute Gasteiger partial charge is 0.449 e. The third-order valence-electron chi connectivity index (χ3n) is 7.15. The van der Waals surface area contributed by atoms with Crippen LogP contribution in [0.3, 0.4) is 0 Å². The minimum atomic E-state index is -0.481. The van der Waals surface area contributed by atoms with Crippen molar-refractivity contribution in [3.05, 3.63) is 95.6 Å². The van der Waals surface area contributed by atoms with Gasteiger partial charge in [0.2, 0.25) is 0 Å². The molecule has 0 aromatic heterocycles. The Morgan fingerprint density at radius 1 is 0.939 bits per heavy atom. The van der Waals surface area contributed by atoms with Crippen LogP contribution in [0.1, 0.15) is 41.5 Å². The summed E-state index contributed by atoms with van der Waals surface area (Å²) in [5.74, 6) is 0.00760. The van der Waals surface area contributed by atoms with Gasteiger partial charge in [-0.3, -0.25) is 0 Å². The zero-order valence-corrected chi connectivity index (χ0v) is 18.6. The van der Waals surface area contributed by atoms with Gasteiger partial charge < -0.3 is 19.9 Å². The average molecular weight is 444 g/mol. The minimum Gasteiger partial charge on any atom is -0.449 e. The van der Waals surface area contributed by atoms with Crippen LogP contribution >= 0.6 is 0 Å². The van der Waals surface area contributed by atoms with Crippen molar-refractivity contribution in [2.24, 2.45) is 5.41 Å². The van der Waals surface area contributed by atoms with E-state index < -0.39 is 11.5 Å². The van der Waals surface area contributed by atoms with Crippen LogP contribution in [0.25, 0.3) is 11.1 Å². The molecule has 0 saturated carbocycles. The highest BCUT2D eigenvalue weighted by Gasteiger charge is 2.42. The summed E-state index contributed by atoms with van der Waals surface area (Å²) in [7, 11) is 0. The van der Waals surface area contributed by atoms with E-state index >= 15 is 0 Å². The van der Waals surface area contributed by atoms with E-state index in [0.717, 1.165) is 5.56 Å². The summed E-state index contributed by atoms with van der Waals surface area (Å²) >= 11 is 0. The lowest BCUT2D eigenvalue weighted by atomic mass is 9.72. The smallest absolute Gasteiger partial charge is 0.407 e. The number of carbonyl (C=O) groups excluding carboxylic acids is 1. The van der Waals surface area contributed by atoms with Crippen molar-refractivity contribution >= 4 is 6.09 Å². The Kier molecular flexibility index (Phi) is 6.16. The van der Waals surface area contributed by atoms with Crippen LogP contribution in [-0.4, -0.2) is 37.6 Å². The van der Waals surface area contributed by atoms with E-state index in [1.54, 1.807) is 0 Å². The quantitative estimate of drug-likeness (QED) is 0.559. The van der Waals surface area contributed by atoms with Crippen LogP contribution < -0.4 is 5.32 Å². The van der Waals surface area contributed by atoms with E-state index in [1.165, 1.54) is 22.3 Å². The Morgan fingerprint density at radius 3 is 2.12 bits per heavy atom. The number of aliphatic hydroxyl groups excluding tert-OH is 1. The number of aliphatic hydroxyl groups is 1. The maximum Gasteiger partial charge on any atom is 0.407 e. The molecule has 1 fully saturated rings. The normalized spacial score (nSPS) is 17.6. The number of nitrogens with one attached hydrogen (secondary N) is 1. The number of rotatable bonds is 6. The zero-order valence-electron chi connectivity index (χ0n) is 18.6. The number of benzene rings is 3. The number of hydrogen-bond donors (Lipinski definition) is 2. The number of hydrogen-bond acceptors (Lipinski definition) is 4. The highest BCUT2D eigenvalue weighted by atomic mass is 16.5. The molecule has 170 valence electrons. The second-order valence-corrected chi connectivity index (χ2v) is 8.95. The van der Waals surface area contributed by atoms with E-state index in [4.69, 9.17) is 9.47 Å². The van der Waals surface area contributed by atoms with Crippen LogP contribution in [0.4, 0.5) is 4.79 Å². The van der Waals surface area contributed by atoms with Gasteiger partial charge in [-0.2, -0.15) is 0 Å². The van der Waals surface area contributed by atoms with Gasteiger partial charge in [-0.1, -0.05) is 78.9 Å². The van der Waals surface area contributed by atoms with Gasteiger partial charge >= 0.3 is 6.09 Å². The highest BCUT2D eigenvalue weighted by Crippen LogP contribution is 2.45. The van der Waals surface area contributed by atoms with Crippen molar-refractivity contribution in [3.63, 3.8) is 0 Å². The van der Waals surface area contributed by atoms with E-state index in [1.807, 2.05) is 54.6 Å². The Hall–Kier alpha value is -3.15. The fourth-order valence-electron chi connectivity index (χ4n) is 5.31. The van der Waals surface area contributed by atoms with E-state index in [2.05, 4.69) is 29.6 Å². The van der Waals surface area contributed by atoms with E-state index in [-0.39, 0.29) is 25.2 Å². The van der Waals surface area contributed by atoms with Crippen LogP contribution in [0.15, 0.2) is 78.9 Å². The zero-order chi connectivity index (χ0) is 22.7. The van der Waals surface area contributed by atoms with Crippen LogP contribution in [0, 0.1) is 5.41 Å². The first-order valence-electron chi connectivity index (χ1n) is 11.6. The second-order valence-electron chi connectivity index (χ2n) is 8.95. The molecule has 0 bridgehead atoms. The molecule has 2 N–H and O–H groups in total. The van der Waals surface area contributed by atoms with Crippen molar-refractivity contribution in [1.29, 1.82) is 0 Å². The number of ether oxygens (including phenoxy) is 2. The van der Waals surface area contributed by atoms with Crippen molar-refractivity contribution in [2.45, 2.75) is 24.8 Å². The van der Waals surface area contributed by atoms with Gasteiger partial charge in [-0.25, -0.2) is 4.79 Å². The van der Waals surface area contributed by atoms with E-state index in [0.29, 0.717) is 26.1 Å². The van der Waals surface area contributed by atoms with E-state index in [9.17, 15) is 9.90 Å². The highest BCUT2D eigenvalue weighted by molar-refractivity contribution is 5.79. The SMILES string of the molecule is O=C(NC(c1ccccc1)C1(CO)CCOCC1)OCC1c2ccccc2-c2ccccc21. The van der Waals surface area contributed by atoms with Gasteiger partial charge in [-0.05, 0) is 40.7 Å². The van der Waals surface area contributed by atoms with Crippen molar-refractivity contribution < 1.29 is 19.4 Å². The fraction of sp³-hybridized carbons (Fsp3) is 0.321.